The molecule has 0 saturated carbocycles. The van der Waals surface area contributed by atoms with Gasteiger partial charge in [0.1, 0.15) is 0 Å². The van der Waals surface area contributed by atoms with Crippen LogP contribution < -0.4 is 0 Å². The molecule has 0 bridgehead atoms. The molecule has 0 N–H and O–H groups in total. The molecule has 63 valence electrons. The minimum atomic E-state index is 0.191. The maximum Gasteiger partial charge on any atom is 0.0944 e. The lowest BCUT2D eigenvalue weighted by Crippen LogP contribution is -1.96. The molecule has 0 fully saturated rings. The average molecular weight is 161 g/mol. The van der Waals surface area contributed by atoms with Crippen LogP contribution in [0.3, 0.4) is 0 Å². The van der Waals surface area contributed by atoms with Crippen molar-refractivity contribution in [2.45, 2.75) is 5.92 Å². The molecule has 1 unspecified atom stereocenters. The fourth-order valence-electron chi connectivity index (χ4n) is 1.09. The van der Waals surface area contributed by atoms with Gasteiger partial charge >= 0.3 is 0 Å². The molecular formula is C11H13O. The molecule has 1 radical (unpaired) electrons. The molecular weight excluding hydrogens is 148 g/mol. The van der Waals surface area contributed by atoms with Crippen molar-refractivity contribution in [1.29, 1.82) is 0 Å². The van der Waals surface area contributed by atoms with Crippen molar-refractivity contribution in [3.63, 3.8) is 0 Å². The summed E-state index contributed by atoms with van der Waals surface area (Å²) in [5.41, 5.74) is 1.20. The summed E-state index contributed by atoms with van der Waals surface area (Å²) in [6.45, 7) is 5.51. The maximum atomic E-state index is 4.95. The summed E-state index contributed by atoms with van der Waals surface area (Å²) in [7, 11) is 1.65. The van der Waals surface area contributed by atoms with Gasteiger partial charge in [0.2, 0.25) is 0 Å². The zero-order chi connectivity index (χ0) is 8.81. The number of rotatable bonds is 4. The molecule has 0 spiro atoms. The zero-order valence-electron chi connectivity index (χ0n) is 7.23. The van der Waals surface area contributed by atoms with E-state index in [1.165, 1.54) is 5.56 Å². The molecule has 12 heavy (non-hydrogen) atoms. The molecule has 0 aromatic heterocycles. The lowest BCUT2D eigenvalue weighted by Gasteiger charge is -2.09. The van der Waals surface area contributed by atoms with Gasteiger partial charge in [0.25, 0.3) is 0 Å². The van der Waals surface area contributed by atoms with E-state index in [9.17, 15) is 0 Å². The second-order valence-corrected chi connectivity index (χ2v) is 2.54. The van der Waals surface area contributed by atoms with Crippen LogP contribution in [-0.2, 0) is 4.74 Å². The van der Waals surface area contributed by atoms with E-state index >= 15 is 0 Å². The third kappa shape index (κ3) is 2.21. The largest absolute Gasteiger partial charge is 0.378 e. The van der Waals surface area contributed by atoms with E-state index in [2.05, 4.69) is 18.7 Å². The average Bonchev–Trinajstić information content (AvgIpc) is 2.15. The Morgan fingerprint density at radius 2 is 2.00 bits per heavy atom. The molecule has 1 heteroatoms. The summed E-state index contributed by atoms with van der Waals surface area (Å²) >= 11 is 0. The number of benzene rings is 1. The van der Waals surface area contributed by atoms with Gasteiger partial charge in [0, 0.05) is 13.0 Å². The lowest BCUT2D eigenvalue weighted by molar-refractivity contribution is 0.262. The second kappa shape index (κ2) is 4.73. The monoisotopic (exact) mass is 161 g/mol. The fraction of sp³-hybridized carbons (Fsp3) is 0.182. The molecule has 1 aromatic rings. The normalized spacial score (nSPS) is 12.4. The van der Waals surface area contributed by atoms with Gasteiger partial charge in [-0.1, -0.05) is 36.4 Å². The predicted molar refractivity (Wildman–Crippen MR) is 50.7 cm³/mol. The Labute approximate surface area is 73.7 Å². The van der Waals surface area contributed by atoms with Crippen molar-refractivity contribution in [1.82, 2.24) is 0 Å². The molecule has 1 aromatic carbocycles. The molecule has 1 atom stereocenters. The first-order valence-electron chi connectivity index (χ1n) is 3.92. The molecule has 0 aliphatic heterocycles. The van der Waals surface area contributed by atoms with Crippen molar-refractivity contribution < 1.29 is 4.74 Å². The van der Waals surface area contributed by atoms with E-state index in [1.807, 2.05) is 24.3 Å². The number of hydrogen-bond acceptors (Lipinski definition) is 1. The van der Waals surface area contributed by atoms with Gasteiger partial charge in [-0.3, -0.25) is 0 Å². The summed E-state index contributed by atoms with van der Waals surface area (Å²) < 4.78 is 4.95. The molecule has 1 rings (SSSR count). The maximum absolute atomic E-state index is 4.95. The highest BCUT2D eigenvalue weighted by Gasteiger charge is 2.05. The molecule has 0 aliphatic rings. The summed E-state index contributed by atoms with van der Waals surface area (Å²) in [6.07, 6.45) is 1.86. The first-order chi connectivity index (χ1) is 5.88. The number of hydrogen-bond donors (Lipinski definition) is 0. The smallest absolute Gasteiger partial charge is 0.0944 e. The SMILES string of the molecule is C=CC([CH]OC)c1ccccc1. The van der Waals surface area contributed by atoms with Crippen LogP contribution in [0, 0.1) is 6.61 Å². The van der Waals surface area contributed by atoms with E-state index in [0.29, 0.717) is 0 Å². The first-order valence-corrected chi connectivity index (χ1v) is 3.92. The van der Waals surface area contributed by atoms with Crippen LogP contribution in [0.5, 0.6) is 0 Å². The highest BCUT2D eigenvalue weighted by atomic mass is 16.5. The number of methoxy groups -OCH3 is 1. The summed E-state index contributed by atoms with van der Waals surface area (Å²) in [5, 5.41) is 0. The highest BCUT2D eigenvalue weighted by Crippen LogP contribution is 2.19. The Morgan fingerprint density at radius 3 is 2.50 bits per heavy atom. The van der Waals surface area contributed by atoms with Crippen LogP contribution in [0.2, 0.25) is 0 Å². The van der Waals surface area contributed by atoms with E-state index in [0.717, 1.165) is 0 Å². The third-order valence-electron chi connectivity index (χ3n) is 1.72. The van der Waals surface area contributed by atoms with E-state index in [-0.39, 0.29) is 5.92 Å². The van der Waals surface area contributed by atoms with Crippen LogP contribution in [0.1, 0.15) is 11.5 Å². The molecule has 0 aliphatic carbocycles. The zero-order valence-corrected chi connectivity index (χ0v) is 7.23. The predicted octanol–water partition coefficient (Wildman–Crippen LogP) is 2.76. The van der Waals surface area contributed by atoms with Gasteiger partial charge in [-0.25, -0.2) is 0 Å². The van der Waals surface area contributed by atoms with Gasteiger partial charge in [-0.15, -0.1) is 6.58 Å². The minimum Gasteiger partial charge on any atom is -0.378 e. The van der Waals surface area contributed by atoms with Crippen LogP contribution >= 0.6 is 0 Å². The third-order valence-corrected chi connectivity index (χ3v) is 1.72. The molecule has 0 amide bonds. The fourth-order valence-corrected chi connectivity index (χ4v) is 1.09. The van der Waals surface area contributed by atoms with Crippen molar-refractivity contribution in [2.24, 2.45) is 0 Å². The topological polar surface area (TPSA) is 9.23 Å². The van der Waals surface area contributed by atoms with Crippen LogP contribution in [0.4, 0.5) is 0 Å². The lowest BCUT2D eigenvalue weighted by atomic mass is 10.0. The quantitative estimate of drug-likeness (QED) is 0.617. The van der Waals surface area contributed by atoms with Gasteiger partial charge in [0.15, 0.2) is 0 Å². The van der Waals surface area contributed by atoms with E-state index in [4.69, 9.17) is 4.74 Å². The number of ether oxygens (including phenoxy) is 1. The van der Waals surface area contributed by atoms with Crippen molar-refractivity contribution in [3.05, 3.63) is 55.2 Å². The Bertz CT molecular complexity index is 228. The Kier molecular flexibility index (Phi) is 3.55. The Hall–Kier alpha value is -1.08. The van der Waals surface area contributed by atoms with Gasteiger partial charge in [-0.05, 0) is 5.56 Å². The van der Waals surface area contributed by atoms with Crippen molar-refractivity contribution in [3.8, 4) is 0 Å². The van der Waals surface area contributed by atoms with E-state index < -0.39 is 0 Å². The van der Waals surface area contributed by atoms with Gasteiger partial charge in [0.05, 0.1) is 6.61 Å². The van der Waals surface area contributed by atoms with Crippen LogP contribution in [-0.4, -0.2) is 7.11 Å². The van der Waals surface area contributed by atoms with Gasteiger partial charge < -0.3 is 4.74 Å². The Morgan fingerprint density at radius 1 is 1.33 bits per heavy atom. The second-order valence-electron chi connectivity index (χ2n) is 2.54. The molecule has 0 saturated heterocycles. The summed E-state index contributed by atoms with van der Waals surface area (Å²) in [5.74, 6) is 0.191. The van der Waals surface area contributed by atoms with Gasteiger partial charge in [-0.2, -0.15) is 0 Å². The van der Waals surface area contributed by atoms with Crippen molar-refractivity contribution in [2.75, 3.05) is 7.11 Å². The highest BCUT2D eigenvalue weighted by molar-refractivity contribution is 5.24. The van der Waals surface area contributed by atoms with Crippen LogP contribution in [0.15, 0.2) is 43.0 Å². The summed E-state index contributed by atoms with van der Waals surface area (Å²) in [6, 6.07) is 10.1. The molecule has 1 nitrogen and oxygen atoms in total. The molecule has 0 heterocycles. The van der Waals surface area contributed by atoms with Crippen LogP contribution in [0.25, 0.3) is 0 Å². The first kappa shape index (κ1) is 9.01. The Balaban J connectivity index is 2.73. The minimum absolute atomic E-state index is 0.191. The standard InChI is InChI=1S/C11H13O/c1-3-10(9-12-2)11-7-5-4-6-8-11/h3-10H,1H2,2H3. The summed E-state index contributed by atoms with van der Waals surface area (Å²) in [4.78, 5) is 0. The van der Waals surface area contributed by atoms with E-state index in [1.54, 1.807) is 13.7 Å². The van der Waals surface area contributed by atoms with Crippen molar-refractivity contribution >= 4 is 0 Å².